The van der Waals surface area contributed by atoms with Crippen molar-refractivity contribution < 1.29 is 9.53 Å². The number of benzene rings is 1. The minimum atomic E-state index is -0.277. The van der Waals surface area contributed by atoms with Crippen LogP contribution in [0.3, 0.4) is 0 Å². The van der Waals surface area contributed by atoms with Gasteiger partial charge in [-0.3, -0.25) is 9.78 Å². The van der Waals surface area contributed by atoms with Crippen LogP contribution in [0.15, 0.2) is 54.9 Å². The fraction of sp³-hybridized carbons (Fsp3) is 0.400. The Balaban J connectivity index is 1.90. The third-order valence-electron chi connectivity index (χ3n) is 4.60. The van der Waals surface area contributed by atoms with Gasteiger partial charge >= 0.3 is 0 Å². The standard InChI is InChI=1S/C20H24N2O2/c1-20(2)15-24-13-12-22(20)19(23)18(17-6-4-3-5-7-17)14-16-8-10-21-11-9-16/h3-11,18H,12-15H2,1-2H3. The molecule has 0 N–H and O–H groups in total. The Labute approximate surface area is 143 Å². The Hall–Kier alpha value is -2.20. The first-order valence-electron chi connectivity index (χ1n) is 8.41. The van der Waals surface area contributed by atoms with Crippen LogP contribution in [0.5, 0.6) is 0 Å². The number of carbonyl (C=O) groups is 1. The van der Waals surface area contributed by atoms with E-state index >= 15 is 0 Å². The Kier molecular flexibility index (Phi) is 4.95. The topological polar surface area (TPSA) is 42.4 Å². The molecule has 1 fully saturated rings. The summed E-state index contributed by atoms with van der Waals surface area (Å²) in [5.74, 6) is -0.0164. The van der Waals surface area contributed by atoms with Crippen molar-refractivity contribution in [2.24, 2.45) is 0 Å². The van der Waals surface area contributed by atoms with E-state index in [1.807, 2.05) is 47.4 Å². The summed E-state index contributed by atoms with van der Waals surface area (Å²) in [6.07, 6.45) is 4.24. The highest BCUT2D eigenvalue weighted by atomic mass is 16.5. The first-order valence-corrected chi connectivity index (χ1v) is 8.41. The molecule has 1 aromatic carbocycles. The molecule has 1 aliphatic heterocycles. The molecule has 0 spiro atoms. The number of hydrogen-bond acceptors (Lipinski definition) is 3. The number of carbonyl (C=O) groups excluding carboxylic acids is 1. The second-order valence-electron chi connectivity index (χ2n) is 6.88. The Morgan fingerprint density at radius 2 is 1.92 bits per heavy atom. The van der Waals surface area contributed by atoms with E-state index in [4.69, 9.17) is 4.74 Å². The fourth-order valence-corrected chi connectivity index (χ4v) is 3.24. The fourth-order valence-electron chi connectivity index (χ4n) is 3.24. The highest BCUT2D eigenvalue weighted by molar-refractivity contribution is 5.85. The van der Waals surface area contributed by atoms with Crippen molar-refractivity contribution in [2.75, 3.05) is 19.8 Å². The van der Waals surface area contributed by atoms with Gasteiger partial charge in [-0.05, 0) is 43.5 Å². The monoisotopic (exact) mass is 324 g/mol. The molecule has 1 aliphatic rings. The first-order chi connectivity index (χ1) is 11.6. The van der Waals surface area contributed by atoms with Crippen molar-refractivity contribution in [1.29, 1.82) is 0 Å². The van der Waals surface area contributed by atoms with Gasteiger partial charge in [0, 0.05) is 18.9 Å². The predicted octanol–water partition coefficient (Wildman–Crippen LogP) is 3.05. The minimum Gasteiger partial charge on any atom is -0.377 e. The maximum atomic E-state index is 13.4. The lowest BCUT2D eigenvalue weighted by atomic mass is 9.89. The molecule has 1 atom stereocenters. The number of pyridine rings is 1. The second kappa shape index (κ2) is 7.14. The van der Waals surface area contributed by atoms with Crippen molar-refractivity contribution in [3.8, 4) is 0 Å². The highest BCUT2D eigenvalue weighted by Crippen LogP contribution is 2.28. The zero-order valence-corrected chi connectivity index (χ0v) is 14.3. The lowest BCUT2D eigenvalue weighted by Crippen LogP contribution is -2.56. The predicted molar refractivity (Wildman–Crippen MR) is 93.7 cm³/mol. The Morgan fingerprint density at radius 3 is 2.58 bits per heavy atom. The van der Waals surface area contributed by atoms with Crippen LogP contribution in [-0.2, 0) is 16.0 Å². The number of aromatic nitrogens is 1. The van der Waals surface area contributed by atoms with Crippen LogP contribution >= 0.6 is 0 Å². The summed E-state index contributed by atoms with van der Waals surface area (Å²) in [7, 11) is 0. The zero-order chi connectivity index (χ0) is 17.0. The molecule has 2 aromatic rings. The van der Waals surface area contributed by atoms with Gasteiger partial charge < -0.3 is 9.64 Å². The van der Waals surface area contributed by atoms with Gasteiger partial charge in [0.05, 0.1) is 24.7 Å². The molecule has 0 bridgehead atoms. The summed E-state index contributed by atoms with van der Waals surface area (Å²) in [6, 6.07) is 14.0. The van der Waals surface area contributed by atoms with Crippen LogP contribution in [0.4, 0.5) is 0 Å². The van der Waals surface area contributed by atoms with Gasteiger partial charge in [0.15, 0.2) is 0 Å². The summed E-state index contributed by atoms with van der Waals surface area (Å²) >= 11 is 0. The lowest BCUT2D eigenvalue weighted by Gasteiger charge is -2.43. The summed E-state index contributed by atoms with van der Waals surface area (Å²) in [5.41, 5.74) is 1.90. The average Bonchev–Trinajstić information content (AvgIpc) is 2.60. The number of ether oxygens (including phenoxy) is 1. The highest BCUT2D eigenvalue weighted by Gasteiger charge is 2.37. The minimum absolute atomic E-state index is 0.173. The van der Waals surface area contributed by atoms with Gasteiger partial charge in [0.1, 0.15) is 0 Å². The van der Waals surface area contributed by atoms with Crippen LogP contribution in [-0.4, -0.2) is 41.1 Å². The third kappa shape index (κ3) is 3.65. The van der Waals surface area contributed by atoms with E-state index in [1.54, 1.807) is 12.4 Å². The second-order valence-corrected chi connectivity index (χ2v) is 6.88. The lowest BCUT2D eigenvalue weighted by molar-refractivity contribution is -0.148. The molecule has 0 saturated carbocycles. The summed E-state index contributed by atoms with van der Waals surface area (Å²) in [6.45, 7) is 5.96. The van der Waals surface area contributed by atoms with Crippen LogP contribution in [0, 0.1) is 0 Å². The van der Waals surface area contributed by atoms with Crippen LogP contribution in [0.1, 0.15) is 30.9 Å². The van der Waals surface area contributed by atoms with E-state index in [2.05, 4.69) is 18.8 Å². The van der Waals surface area contributed by atoms with Crippen molar-refractivity contribution in [3.63, 3.8) is 0 Å². The van der Waals surface area contributed by atoms with Crippen molar-refractivity contribution in [2.45, 2.75) is 31.7 Å². The number of amides is 1. The molecular formula is C20H24N2O2. The van der Waals surface area contributed by atoms with Gasteiger partial charge in [-0.2, -0.15) is 0 Å². The average molecular weight is 324 g/mol. The molecule has 2 heterocycles. The molecule has 126 valence electrons. The molecule has 0 aliphatic carbocycles. The number of hydrogen-bond donors (Lipinski definition) is 0. The Morgan fingerprint density at radius 1 is 1.21 bits per heavy atom. The molecule has 0 radical (unpaired) electrons. The van der Waals surface area contributed by atoms with E-state index in [0.29, 0.717) is 26.2 Å². The molecule has 24 heavy (non-hydrogen) atoms. The normalized spacial score (nSPS) is 18.2. The van der Waals surface area contributed by atoms with Crippen molar-refractivity contribution >= 4 is 5.91 Å². The number of rotatable bonds is 4. The molecular weight excluding hydrogens is 300 g/mol. The van der Waals surface area contributed by atoms with Gasteiger partial charge in [-0.25, -0.2) is 0 Å². The molecule has 1 unspecified atom stereocenters. The maximum Gasteiger partial charge on any atom is 0.231 e. The summed E-state index contributed by atoms with van der Waals surface area (Å²) in [4.78, 5) is 19.4. The number of morpholine rings is 1. The molecule has 4 heteroatoms. The smallest absolute Gasteiger partial charge is 0.231 e. The van der Waals surface area contributed by atoms with E-state index < -0.39 is 0 Å². The van der Waals surface area contributed by atoms with Gasteiger partial charge in [-0.15, -0.1) is 0 Å². The zero-order valence-electron chi connectivity index (χ0n) is 14.3. The largest absolute Gasteiger partial charge is 0.377 e. The molecule has 3 rings (SSSR count). The molecule has 1 amide bonds. The van der Waals surface area contributed by atoms with E-state index in [-0.39, 0.29) is 17.4 Å². The third-order valence-corrected chi connectivity index (χ3v) is 4.60. The van der Waals surface area contributed by atoms with Crippen molar-refractivity contribution in [3.05, 3.63) is 66.0 Å². The quantitative estimate of drug-likeness (QED) is 0.868. The molecule has 1 saturated heterocycles. The van der Waals surface area contributed by atoms with Crippen LogP contribution in [0.25, 0.3) is 0 Å². The molecule has 1 aromatic heterocycles. The van der Waals surface area contributed by atoms with E-state index in [9.17, 15) is 4.79 Å². The summed E-state index contributed by atoms with van der Waals surface area (Å²) in [5, 5.41) is 0. The van der Waals surface area contributed by atoms with E-state index in [0.717, 1.165) is 11.1 Å². The van der Waals surface area contributed by atoms with Gasteiger partial charge in [0.2, 0.25) is 5.91 Å². The maximum absolute atomic E-state index is 13.4. The SMILES string of the molecule is CC1(C)COCCN1C(=O)C(Cc1ccncc1)c1ccccc1. The van der Waals surface area contributed by atoms with Crippen LogP contribution < -0.4 is 0 Å². The first kappa shape index (κ1) is 16.7. The van der Waals surface area contributed by atoms with Crippen LogP contribution in [0.2, 0.25) is 0 Å². The van der Waals surface area contributed by atoms with E-state index in [1.165, 1.54) is 0 Å². The Bertz CT molecular complexity index is 671. The van der Waals surface area contributed by atoms with Crippen molar-refractivity contribution in [1.82, 2.24) is 9.88 Å². The molecule has 4 nitrogen and oxygen atoms in total. The number of nitrogens with zero attached hydrogens (tertiary/aromatic N) is 2. The van der Waals surface area contributed by atoms with Gasteiger partial charge in [0.25, 0.3) is 0 Å². The summed E-state index contributed by atoms with van der Waals surface area (Å²) < 4.78 is 5.57. The van der Waals surface area contributed by atoms with Gasteiger partial charge in [-0.1, -0.05) is 30.3 Å².